The van der Waals surface area contributed by atoms with Crippen molar-refractivity contribution in [3.8, 4) is 0 Å². The number of benzene rings is 2. The Balaban J connectivity index is 0.000000166. The van der Waals surface area contributed by atoms with Crippen LogP contribution in [0.25, 0.3) is 6.08 Å². The lowest BCUT2D eigenvalue weighted by Crippen LogP contribution is -2.48. The van der Waals surface area contributed by atoms with E-state index in [1.807, 2.05) is 30.0 Å². The van der Waals surface area contributed by atoms with Crippen molar-refractivity contribution in [2.45, 2.75) is 29.3 Å². The largest absolute Gasteiger partial charge is 0.375 e. The van der Waals surface area contributed by atoms with Gasteiger partial charge in [0.2, 0.25) is 0 Å². The Morgan fingerprint density at radius 3 is 2.14 bits per heavy atom. The maximum atomic E-state index is 5.48. The van der Waals surface area contributed by atoms with E-state index in [9.17, 15) is 0 Å². The smallest absolute Gasteiger partial charge is 0.139 e. The number of rotatable bonds is 5. The Kier molecular flexibility index (Phi) is 7.96. The first kappa shape index (κ1) is 22.1. The van der Waals surface area contributed by atoms with Crippen molar-refractivity contribution >= 4 is 17.8 Å². The Morgan fingerprint density at radius 1 is 1.07 bits per heavy atom. The van der Waals surface area contributed by atoms with Gasteiger partial charge in [0.1, 0.15) is 5.60 Å². The van der Waals surface area contributed by atoms with Gasteiger partial charge in [0.15, 0.2) is 0 Å². The van der Waals surface area contributed by atoms with Crippen LogP contribution in [0.3, 0.4) is 0 Å². The van der Waals surface area contributed by atoms with Crippen molar-refractivity contribution in [1.82, 2.24) is 4.90 Å². The number of likely N-dealkylation sites (tertiary alicyclic amines) is 1. The molecule has 0 spiro atoms. The molecule has 0 saturated carbocycles. The molecular formula is C25H33NO2S. The van der Waals surface area contributed by atoms with Gasteiger partial charge in [-0.1, -0.05) is 49.1 Å². The third kappa shape index (κ3) is 5.52. The molecule has 4 rings (SSSR count). The highest BCUT2D eigenvalue weighted by Crippen LogP contribution is 2.33. The fourth-order valence-electron chi connectivity index (χ4n) is 3.83. The second-order valence-corrected chi connectivity index (χ2v) is 8.75. The van der Waals surface area contributed by atoms with E-state index in [4.69, 9.17) is 9.47 Å². The molecule has 2 aliphatic heterocycles. The third-order valence-corrected chi connectivity index (χ3v) is 6.78. The van der Waals surface area contributed by atoms with Crippen molar-refractivity contribution < 1.29 is 9.47 Å². The number of hydrogen-bond acceptors (Lipinski definition) is 4. The van der Waals surface area contributed by atoms with Gasteiger partial charge in [-0.3, -0.25) is 0 Å². The first-order chi connectivity index (χ1) is 14.1. The van der Waals surface area contributed by atoms with Crippen LogP contribution >= 0.6 is 11.8 Å². The molecule has 29 heavy (non-hydrogen) atoms. The van der Waals surface area contributed by atoms with E-state index in [-0.39, 0.29) is 5.60 Å². The number of piperidine rings is 1. The van der Waals surface area contributed by atoms with Crippen molar-refractivity contribution in [3.63, 3.8) is 0 Å². The highest BCUT2D eigenvalue weighted by molar-refractivity contribution is 7.98. The summed E-state index contributed by atoms with van der Waals surface area (Å²) in [5.74, 6) is 0.789. The van der Waals surface area contributed by atoms with E-state index >= 15 is 0 Å². The third-order valence-electron chi connectivity index (χ3n) is 6.04. The first-order valence-corrected chi connectivity index (χ1v) is 11.5. The Labute approximate surface area is 180 Å². The number of thioether (sulfide) groups is 1. The molecule has 2 aromatic carbocycles. The summed E-state index contributed by atoms with van der Waals surface area (Å²) in [6.07, 6.45) is 6.59. The normalized spacial score (nSPS) is 19.0. The molecule has 2 fully saturated rings. The van der Waals surface area contributed by atoms with Gasteiger partial charge in [-0.15, -0.1) is 11.8 Å². The molecule has 2 heterocycles. The zero-order chi connectivity index (χ0) is 20.7. The van der Waals surface area contributed by atoms with Gasteiger partial charge in [-0.25, -0.2) is 0 Å². The van der Waals surface area contributed by atoms with E-state index in [2.05, 4.69) is 61.2 Å². The summed E-state index contributed by atoms with van der Waals surface area (Å²) in [6, 6.07) is 17.3. The van der Waals surface area contributed by atoms with E-state index < -0.39 is 0 Å². The van der Waals surface area contributed by atoms with Crippen molar-refractivity contribution in [3.05, 3.63) is 71.8 Å². The van der Waals surface area contributed by atoms with Crippen molar-refractivity contribution in [2.75, 3.05) is 46.7 Å². The molecule has 0 aliphatic carbocycles. The quantitative estimate of drug-likeness (QED) is 0.613. The second kappa shape index (κ2) is 10.4. The predicted octanol–water partition coefficient (Wildman–Crippen LogP) is 5.42. The Hall–Kier alpha value is -1.59. The molecule has 2 aliphatic rings. The van der Waals surface area contributed by atoms with Gasteiger partial charge < -0.3 is 14.4 Å². The lowest BCUT2D eigenvalue weighted by Gasteiger charge is -2.40. The number of ether oxygens (including phenoxy) is 2. The van der Waals surface area contributed by atoms with E-state index in [0.717, 1.165) is 11.5 Å². The van der Waals surface area contributed by atoms with Gasteiger partial charge >= 0.3 is 0 Å². The average Bonchev–Trinajstić information content (AvgIpc) is 2.75. The zero-order valence-electron chi connectivity index (χ0n) is 17.9. The van der Waals surface area contributed by atoms with Crippen LogP contribution < -0.4 is 0 Å². The maximum Gasteiger partial charge on any atom is 0.139 e. The predicted molar refractivity (Wildman–Crippen MR) is 124 cm³/mol. The minimum atomic E-state index is -0.209. The van der Waals surface area contributed by atoms with Crippen LogP contribution in [0.5, 0.6) is 0 Å². The molecule has 0 N–H and O–H groups in total. The van der Waals surface area contributed by atoms with Crippen molar-refractivity contribution in [1.29, 1.82) is 0 Å². The monoisotopic (exact) mass is 411 g/mol. The Morgan fingerprint density at radius 2 is 1.69 bits per heavy atom. The summed E-state index contributed by atoms with van der Waals surface area (Å²) in [5.41, 5.74) is 3.62. The number of methoxy groups -OCH3 is 1. The summed E-state index contributed by atoms with van der Waals surface area (Å²) in [4.78, 5) is 3.79. The van der Waals surface area contributed by atoms with Gasteiger partial charge in [0.05, 0.1) is 13.2 Å². The molecule has 0 amide bonds. The molecule has 2 saturated heterocycles. The van der Waals surface area contributed by atoms with E-state index in [0.29, 0.717) is 13.2 Å². The molecule has 0 aromatic heterocycles. The molecular weight excluding hydrogens is 378 g/mol. The lowest BCUT2D eigenvalue weighted by molar-refractivity contribution is -0.202. The number of hydrogen-bond donors (Lipinski definition) is 0. The highest BCUT2D eigenvalue weighted by Gasteiger charge is 2.40. The average molecular weight is 412 g/mol. The second-order valence-electron chi connectivity index (χ2n) is 7.87. The van der Waals surface area contributed by atoms with Crippen LogP contribution in [0, 0.1) is 0 Å². The minimum Gasteiger partial charge on any atom is -0.375 e. The topological polar surface area (TPSA) is 21.7 Å². The lowest BCUT2D eigenvalue weighted by atomic mass is 9.90. The van der Waals surface area contributed by atoms with Crippen molar-refractivity contribution in [2.24, 2.45) is 0 Å². The first-order valence-electron chi connectivity index (χ1n) is 10.3. The zero-order valence-corrected chi connectivity index (χ0v) is 18.7. The standard InChI is InChI=1S/C13H19NS.C12H14O2/c1-14-9-7-12(8-10-14)11-3-5-13(15-2)6-4-11;1-3-10-4-6-11(7-5-10)12(13-2)8-14-9-12/h3-6,12H,7-10H2,1-2H3;3-7H,1,8-9H2,2H3. The van der Waals surface area contributed by atoms with E-state index in [1.54, 1.807) is 7.11 Å². The van der Waals surface area contributed by atoms with Gasteiger partial charge in [-0.05, 0) is 74.0 Å². The molecule has 4 heteroatoms. The molecule has 3 nitrogen and oxygen atoms in total. The van der Waals surface area contributed by atoms with Gasteiger partial charge in [0.25, 0.3) is 0 Å². The van der Waals surface area contributed by atoms with Crippen LogP contribution in [0.1, 0.15) is 35.4 Å². The van der Waals surface area contributed by atoms with Crippen LogP contribution in [-0.2, 0) is 15.1 Å². The summed E-state index contributed by atoms with van der Waals surface area (Å²) in [7, 11) is 3.94. The van der Waals surface area contributed by atoms with E-state index in [1.165, 1.54) is 42.0 Å². The fourth-order valence-corrected chi connectivity index (χ4v) is 4.24. The van der Waals surface area contributed by atoms with Crippen LogP contribution in [0.2, 0.25) is 0 Å². The minimum absolute atomic E-state index is 0.209. The van der Waals surface area contributed by atoms with Crippen LogP contribution in [0.15, 0.2) is 60.0 Å². The summed E-state index contributed by atoms with van der Waals surface area (Å²) < 4.78 is 10.7. The maximum absolute atomic E-state index is 5.48. The molecule has 156 valence electrons. The molecule has 0 radical (unpaired) electrons. The molecule has 0 atom stereocenters. The fraction of sp³-hybridized carbons (Fsp3) is 0.440. The van der Waals surface area contributed by atoms with Crippen LogP contribution in [0.4, 0.5) is 0 Å². The molecule has 0 unspecified atom stereocenters. The highest BCUT2D eigenvalue weighted by atomic mass is 32.2. The summed E-state index contributed by atoms with van der Waals surface area (Å²) >= 11 is 1.82. The summed E-state index contributed by atoms with van der Waals surface area (Å²) in [5, 5.41) is 0. The molecule has 2 aromatic rings. The number of nitrogens with zero attached hydrogens (tertiary/aromatic N) is 1. The Bertz CT molecular complexity index is 755. The van der Waals surface area contributed by atoms with Gasteiger partial charge in [0, 0.05) is 12.0 Å². The van der Waals surface area contributed by atoms with Gasteiger partial charge in [-0.2, -0.15) is 0 Å². The molecule has 0 bridgehead atoms. The summed E-state index contributed by atoms with van der Waals surface area (Å²) in [6.45, 7) is 7.51. The van der Waals surface area contributed by atoms with Crippen LogP contribution in [-0.4, -0.2) is 51.6 Å². The SMILES string of the molecule is C=Cc1ccc(C2(OC)COC2)cc1.CSc1ccc(C2CCN(C)CC2)cc1.